The van der Waals surface area contributed by atoms with E-state index in [1.807, 2.05) is 18.2 Å². The van der Waals surface area contributed by atoms with E-state index in [4.69, 9.17) is 9.47 Å². The third-order valence-electron chi connectivity index (χ3n) is 7.30. The van der Waals surface area contributed by atoms with Crippen LogP contribution in [-0.2, 0) is 5.41 Å². The van der Waals surface area contributed by atoms with Crippen molar-refractivity contribution in [2.75, 3.05) is 6.79 Å². The van der Waals surface area contributed by atoms with Crippen LogP contribution in [0.4, 0.5) is 0 Å². The van der Waals surface area contributed by atoms with Crippen molar-refractivity contribution in [2.45, 2.75) is 43.9 Å². The zero-order valence-corrected chi connectivity index (χ0v) is 15.3. The third-order valence-corrected chi connectivity index (χ3v) is 7.30. The van der Waals surface area contributed by atoms with Crippen LogP contribution < -0.4 is 9.47 Å². The third kappa shape index (κ3) is 2.35. The standard InChI is InChI=1S/C23H23NO3/c25-12-14-1-2-20(24-11-14)18-6-19(22-21(7-18)26-13-27-22)23-8-15-3-16(9-23)5-17(4-15)10-23/h1-2,6-7,11-12,15-17H,3-5,8-10,13H2. The molecule has 0 N–H and O–H groups in total. The lowest BCUT2D eigenvalue weighted by Gasteiger charge is -2.57. The minimum absolute atomic E-state index is 0.241. The smallest absolute Gasteiger partial charge is 0.231 e. The predicted molar refractivity (Wildman–Crippen MR) is 101 cm³/mol. The monoisotopic (exact) mass is 361 g/mol. The summed E-state index contributed by atoms with van der Waals surface area (Å²) in [6.45, 7) is 0.301. The summed E-state index contributed by atoms with van der Waals surface area (Å²) in [6.07, 6.45) is 10.6. The summed E-state index contributed by atoms with van der Waals surface area (Å²) >= 11 is 0. The summed E-state index contributed by atoms with van der Waals surface area (Å²) in [7, 11) is 0. The van der Waals surface area contributed by atoms with E-state index in [1.165, 1.54) is 44.1 Å². The van der Waals surface area contributed by atoms with E-state index in [1.54, 1.807) is 6.20 Å². The number of pyridine rings is 1. The van der Waals surface area contributed by atoms with Gasteiger partial charge in [-0.15, -0.1) is 0 Å². The molecule has 1 aromatic heterocycles. The van der Waals surface area contributed by atoms with Crippen molar-refractivity contribution in [1.82, 2.24) is 4.98 Å². The van der Waals surface area contributed by atoms with E-state index in [-0.39, 0.29) is 5.41 Å². The number of hydrogen-bond donors (Lipinski definition) is 0. The maximum absolute atomic E-state index is 10.9. The van der Waals surface area contributed by atoms with Gasteiger partial charge in [-0.05, 0) is 86.0 Å². The number of carbonyl (C=O) groups excluding carboxylic acids is 1. The van der Waals surface area contributed by atoms with Gasteiger partial charge < -0.3 is 9.47 Å². The first-order chi connectivity index (χ1) is 13.2. The highest BCUT2D eigenvalue weighted by Gasteiger charge is 2.53. The van der Waals surface area contributed by atoms with Gasteiger partial charge in [-0.25, -0.2) is 0 Å². The Hall–Kier alpha value is -2.36. The zero-order valence-electron chi connectivity index (χ0n) is 15.3. The zero-order chi connectivity index (χ0) is 18.0. The van der Waals surface area contributed by atoms with Crippen LogP contribution >= 0.6 is 0 Å². The molecule has 4 aliphatic carbocycles. The topological polar surface area (TPSA) is 48.4 Å². The fourth-order valence-corrected chi connectivity index (χ4v) is 6.64. The van der Waals surface area contributed by atoms with Crippen molar-refractivity contribution in [2.24, 2.45) is 17.8 Å². The summed E-state index contributed by atoms with van der Waals surface area (Å²) in [4.78, 5) is 15.4. The lowest BCUT2D eigenvalue weighted by atomic mass is 9.48. The number of hydrogen-bond acceptors (Lipinski definition) is 4. The highest BCUT2D eigenvalue weighted by molar-refractivity contribution is 5.76. The molecule has 1 aliphatic heterocycles. The van der Waals surface area contributed by atoms with E-state index >= 15 is 0 Å². The lowest BCUT2D eigenvalue weighted by molar-refractivity contribution is -0.00626. The number of rotatable bonds is 3. The molecule has 27 heavy (non-hydrogen) atoms. The van der Waals surface area contributed by atoms with Gasteiger partial charge in [0.1, 0.15) is 0 Å². The van der Waals surface area contributed by atoms with Crippen LogP contribution in [0.3, 0.4) is 0 Å². The first-order valence-corrected chi connectivity index (χ1v) is 10.1. The number of aldehydes is 1. The fourth-order valence-electron chi connectivity index (χ4n) is 6.64. The van der Waals surface area contributed by atoms with Gasteiger partial charge in [0.25, 0.3) is 0 Å². The molecule has 2 heterocycles. The largest absolute Gasteiger partial charge is 0.454 e. The Kier molecular flexibility index (Phi) is 3.23. The maximum atomic E-state index is 10.9. The number of benzene rings is 1. The molecule has 4 nitrogen and oxygen atoms in total. The first kappa shape index (κ1) is 15.7. The number of ether oxygens (including phenoxy) is 2. The van der Waals surface area contributed by atoms with E-state index in [9.17, 15) is 4.79 Å². The van der Waals surface area contributed by atoms with Crippen molar-refractivity contribution < 1.29 is 14.3 Å². The molecule has 4 fully saturated rings. The van der Waals surface area contributed by atoms with Gasteiger partial charge >= 0.3 is 0 Å². The second kappa shape index (κ2) is 5.57. The van der Waals surface area contributed by atoms with Crippen LogP contribution in [-0.4, -0.2) is 18.1 Å². The van der Waals surface area contributed by atoms with Crippen LogP contribution in [0.2, 0.25) is 0 Å². The van der Waals surface area contributed by atoms with Crippen molar-refractivity contribution in [1.29, 1.82) is 0 Å². The van der Waals surface area contributed by atoms with Crippen LogP contribution in [0.25, 0.3) is 11.3 Å². The molecule has 5 aliphatic rings. The van der Waals surface area contributed by atoms with E-state index < -0.39 is 0 Å². The van der Waals surface area contributed by atoms with Crippen molar-refractivity contribution in [3.05, 3.63) is 41.6 Å². The van der Waals surface area contributed by atoms with Crippen molar-refractivity contribution >= 4 is 6.29 Å². The van der Waals surface area contributed by atoms with Crippen LogP contribution in [0.15, 0.2) is 30.5 Å². The molecule has 4 heteroatoms. The van der Waals surface area contributed by atoms with Gasteiger partial charge in [-0.1, -0.05) is 0 Å². The second-order valence-corrected chi connectivity index (χ2v) is 9.05. The normalized spacial score (nSPS) is 32.7. The van der Waals surface area contributed by atoms with Crippen molar-refractivity contribution in [3.63, 3.8) is 0 Å². The van der Waals surface area contributed by atoms with Crippen LogP contribution in [0.1, 0.15) is 54.4 Å². The molecule has 0 radical (unpaired) electrons. The molecular weight excluding hydrogens is 338 g/mol. The summed E-state index contributed by atoms with van der Waals surface area (Å²) in [5.41, 5.74) is 4.12. The molecule has 138 valence electrons. The van der Waals surface area contributed by atoms with Gasteiger partial charge in [0.15, 0.2) is 17.8 Å². The minimum atomic E-state index is 0.241. The summed E-state index contributed by atoms with van der Waals surface area (Å²) in [6, 6.07) is 8.08. The molecule has 4 bridgehead atoms. The molecule has 0 spiro atoms. The number of carbonyl (C=O) groups is 1. The molecule has 0 atom stereocenters. The lowest BCUT2D eigenvalue weighted by Crippen LogP contribution is -2.48. The first-order valence-electron chi connectivity index (χ1n) is 10.1. The Balaban J connectivity index is 1.49. The quantitative estimate of drug-likeness (QED) is 0.740. The molecule has 7 rings (SSSR count). The Morgan fingerprint density at radius 3 is 2.37 bits per heavy atom. The SMILES string of the molecule is O=Cc1ccc(-c2cc3c(c(C45CC6CC(CC(C6)C4)C5)c2)OCO3)nc1. The van der Waals surface area contributed by atoms with Crippen LogP contribution in [0.5, 0.6) is 11.5 Å². The van der Waals surface area contributed by atoms with E-state index in [0.717, 1.165) is 46.8 Å². The van der Waals surface area contributed by atoms with E-state index in [0.29, 0.717) is 12.4 Å². The van der Waals surface area contributed by atoms with Crippen molar-refractivity contribution in [3.8, 4) is 22.8 Å². The highest BCUT2D eigenvalue weighted by atomic mass is 16.7. The molecular formula is C23H23NO3. The average molecular weight is 361 g/mol. The Labute approximate surface area is 158 Å². The number of nitrogens with zero attached hydrogens (tertiary/aromatic N) is 1. The summed E-state index contributed by atoms with van der Waals surface area (Å²) < 4.78 is 11.8. The highest BCUT2D eigenvalue weighted by Crippen LogP contribution is 2.63. The van der Waals surface area contributed by atoms with Gasteiger partial charge in [-0.3, -0.25) is 9.78 Å². The minimum Gasteiger partial charge on any atom is -0.454 e. The van der Waals surface area contributed by atoms with Gasteiger partial charge in [0.05, 0.1) is 5.69 Å². The molecule has 0 saturated heterocycles. The molecule has 0 amide bonds. The number of aromatic nitrogens is 1. The molecule has 4 saturated carbocycles. The second-order valence-electron chi connectivity index (χ2n) is 9.05. The fraction of sp³-hybridized carbons (Fsp3) is 0.478. The molecule has 2 aromatic rings. The summed E-state index contributed by atoms with van der Waals surface area (Å²) in [5, 5.41) is 0. The Bertz CT molecular complexity index is 883. The summed E-state index contributed by atoms with van der Waals surface area (Å²) in [5.74, 6) is 4.44. The predicted octanol–water partition coefficient (Wildman–Crippen LogP) is 4.76. The molecule has 1 aromatic carbocycles. The number of fused-ring (bicyclic) bond motifs is 1. The van der Waals surface area contributed by atoms with Gasteiger partial charge in [0, 0.05) is 22.9 Å². The van der Waals surface area contributed by atoms with Gasteiger partial charge in [-0.2, -0.15) is 0 Å². The Morgan fingerprint density at radius 1 is 1.00 bits per heavy atom. The van der Waals surface area contributed by atoms with Gasteiger partial charge in [0.2, 0.25) is 6.79 Å². The van der Waals surface area contributed by atoms with E-state index in [2.05, 4.69) is 11.1 Å². The maximum Gasteiger partial charge on any atom is 0.231 e. The Morgan fingerprint density at radius 2 is 1.74 bits per heavy atom. The average Bonchev–Trinajstić information content (AvgIpc) is 3.15. The van der Waals surface area contributed by atoms with Crippen LogP contribution in [0, 0.1) is 17.8 Å². The molecule has 0 unspecified atom stereocenters.